The van der Waals surface area contributed by atoms with Gasteiger partial charge < -0.3 is 24.6 Å². The van der Waals surface area contributed by atoms with Crippen molar-refractivity contribution in [2.45, 2.75) is 38.6 Å². The number of methoxy groups -OCH3 is 2. The van der Waals surface area contributed by atoms with Gasteiger partial charge in [-0.25, -0.2) is 0 Å². The Balaban J connectivity index is 1.46. The monoisotopic (exact) mass is 504 g/mol. The van der Waals surface area contributed by atoms with E-state index < -0.39 is 5.60 Å². The number of Topliss-reactive ketones (excluding diaryl/α,β-unsaturated/α-hetero) is 1. The van der Waals surface area contributed by atoms with E-state index in [1.807, 2.05) is 42.5 Å². The highest BCUT2D eigenvalue weighted by atomic mass is 16.5. The van der Waals surface area contributed by atoms with Crippen LogP contribution < -0.4 is 19.5 Å². The van der Waals surface area contributed by atoms with Crippen molar-refractivity contribution in [2.24, 2.45) is 0 Å². The predicted molar refractivity (Wildman–Crippen MR) is 143 cm³/mol. The van der Waals surface area contributed by atoms with E-state index in [1.54, 1.807) is 33.3 Å². The SMILES string of the molecule is COc1cccc(OC)c1OCc1cccc2c1C(C)(O)C(=O)CN(CCCNCc1ccccc1)C2. The molecule has 0 saturated heterocycles. The van der Waals surface area contributed by atoms with Crippen molar-refractivity contribution in [1.82, 2.24) is 10.2 Å². The first-order valence-electron chi connectivity index (χ1n) is 12.6. The van der Waals surface area contributed by atoms with Crippen LogP contribution in [-0.2, 0) is 30.1 Å². The van der Waals surface area contributed by atoms with Crippen LogP contribution in [-0.4, -0.2) is 49.6 Å². The van der Waals surface area contributed by atoms with E-state index in [-0.39, 0.29) is 18.9 Å². The zero-order valence-corrected chi connectivity index (χ0v) is 21.8. The quantitative estimate of drug-likeness (QED) is 0.381. The molecule has 4 rings (SSSR count). The largest absolute Gasteiger partial charge is 0.493 e. The number of hydrogen-bond acceptors (Lipinski definition) is 7. The first kappa shape index (κ1) is 26.7. The number of ether oxygens (including phenoxy) is 3. The van der Waals surface area contributed by atoms with E-state index in [2.05, 4.69) is 22.3 Å². The minimum Gasteiger partial charge on any atom is -0.493 e. The Morgan fingerprint density at radius 3 is 2.35 bits per heavy atom. The maximum Gasteiger partial charge on any atom is 0.203 e. The fourth-order valence-corrected chi connectivity index (χ4v) is 4.85. The first-order chi connectivity index (χ1) is 17.9. The topological polar surface area (TPSA) is 80.3 Å². The van der Waals surface area contributed by atoms with Crippen LogP contribution in [0.1, 0.15) is 35.6 Å². The number of carbonyl (C=O) groups excluding carboxylic acids is 1. The van der Waals surface area contributed by atoms with Crippen molar-refractivity contribution < 1.29 is 24.1 Å². The Labute approximate surface area is 219 Å². The molecule has 1 atom stereocenters. The lowest BCUT2D eigenvalue weighted by Gasteiger charge is -2.25. The lowest BCUT2D eigenvalue weighted by atomic mass is 9.85. The van der Waals surface area contributed by atoms with Crippen molar-refractivity contribution in [3.8, 4) is 17.2 Å². The molecule has 0 aliphatic carbocycles. The third-order valence-electron chi connectivity index (χ3n) is 6.78. The summed E-state index contributed by atoms with van der Waals surface area (Å²) in [4.78, 5) is 15.3. The molecule has 3 aromatic rings. The number of fused-ring (bicyclic) bond motifs is 1. The van der Waals surface area contributed by atoms with Gasteiger partial charge in [-0.1, -0.05) is 54.6 Å². The molecule has 0 bridgehead atoms. The number of rotatable bonds is 11. The first-order valence-corrected chi connectivity index (χ1v) is 12.6. The fourth-order valence-electron chi connectivity index (χ4n) is 4.85. The fraction of sp³-hybridized carbons (Fsp3) is 0.367. The lowest BCUT2D eigenvalue weighted by Crippen LogP contribution is -2.39. The van der Waals surface area contributed by atoms with Crippen LogP contribution in [0.4, 0.5) is 0 Å². The minimum atomic E-state index is -1.61. The average Bonchev–Trinajstić information content (AvgIpc) is 3.00. The predicted octanol–water partition coefficient (Wildman–Crippen LogP) is 4.05. The summed E-state index contributed by atoms with van der Waals surface area (Å²) in [5.41, 5.74) is 1.95. The van der Waals surface area contributed by atoms with Crippen LogP contribution in [0.5, 0.6) is 17.2 Å². The maximum absolute atomic E-state index is 13.2. The van der Waals surface area contributed by atoms with Crippen molar-refractivity contribution >= 4 is 5.78 Å². The zero-order chi connectivity index (χ0) is 26.3. The van der Waals surface area contributed by atoms with Crippen LogP contribution in [0, 0.1) is 0 Å². The van der Waals surface area contributed by atoms with E-state index in [0.29, 0.717) is 29.4 Å². The van der Waals surface area contributed by atoms with Crippen molar-refractivity contribution in [3.05, 3.63) is 89.0 Å². The molecule has 3 aromatic carbocycles. The Kier molecular flexibility index (Phi) is 8.82. The third kappa shape index (κ3) is 6.31. The molecule has 0 saturated carbocycles. The number of aliphatic hydroxyl groups is 1. The molecule has 0 aromatic heterocycles. The second kappa shape index (κ2) is 12.2. The number of nitrogens with one attached hydrogen (secondary N) is 1. The summed E-state index contributed by atoms with van der Waals surface area (Å²) < 4.78 is 17.0. The van der Waals surface area contributed by atoms with Gasteiger partial charge in [0.1, 0.15) is 12.2 Å². The van der Waals surface area contributed by atoms with E-state index >= 15 is 0 Å². The summed E-state index contributed by atoms with van der Waals surface area (Å²) in [7, 11) is 3.15. The smallest absolute Gasteiger partial charge is 0.203 e. The normalized spacial score (nSPS) is 17.7. The Bertz CT molecular complexity index is 1170. The van der Waals surface area contributed by atoms with Gasteiger partial charge in [-0.2, -0.15) is 0 Å². The molecule has 0 amide bonds. The molecule has 0 spiro atoms. The van der Waals surface area contributed by atoms with Gasteiger partial charge in [-0.3, -0.25) is 9.69 Å². The lowest BCUT2D eigenvalue weighted by molar-refractivity contribution is -0.137. The number of nitrogens with zero attached hydrogens (tertiary/aromatic N) is 1. The second-order valence-corrected chi connectivity index (χ2v) is 9.45. The summed E-state index contributed by atoms with van der Waals surface area (Å²) in [6.45, 7) is 4.94. The van der Waals surface area contributed by atoms with E-state index in [1.165, 1.54) is 5.56 Å². The molecular formula is C30H36N2O5. The van der Waals surface area contributed by atoms with E-state index in [4.69, 9.17) is 14.2 Å². The molecule has 7 heteroatoms. The summed E-state index contributed by atoms with van der Waals surface area (Å²) in [6, 6.07) is 21.5. The van der Waals surface area contributed by atoms with Gasteiger partial charge in [-0.15, -0.1) is 0 Å². The zero-order valence-electron chi connectivity index (χ0n) is 21.8. The summed E-state index contributed by atoms with van der Waals surface area (Å²) in [5, 5.41) is 14.9. The average molecular weight is 505 g/mol. The van der Waals surface area contributed by atoms with Gasteiger partial charge in [0.25, 0.3) is 0 Å². The number of benzene rings is 3. The highest BCUT2D eigenvalue weighted by Crippen LogP contribution is 2.39. The van der Waals surface area contributed by atoms with Gasteiger partial charge in [-0.05, 0) is 48.7 Å². The Morgan fingerprint density at radius 1 is 0.946 bits per heavy atom. The van der Waals surface area contributed by atoms with E-state index in [0.717, 1.165) is 37.2 Å². The van der Waals surface area contributed by atoms with Gasteiger partial charge in [0.05, 0.1) is 20.8 Å². The molecule has 7 nitrogen and oxygen atoms in total. The number of para-hydroxylation sites is 1. The molecule has 196 valence electrons. The standard InChI is InChI=1S/C30H36N2O5/c1-30(34)27(33)20-32(17-9-16-31-18-22-10-5-4-6-11-22)19-23-12-7-13-24(28(23)30)21-37-29-25(35-2)14-8-15-26(29)36-3/h4-8,10-15,31,34H,9,16-21H2,1-3H3. The van der Waals surface area contributed by atoms with Crippen molar-refractivity contribution in [2.75, 3.05) is 33.9 Å². The molecule has 1 unspecified atom stereocenters. The number of hydrogen-bond donors (Lipinski definition) is 2. The minimum absolute atomic E-state index is 0.159. The molecule has 1 heterocycles. The van der Waals surface area contributed by atoms with Crippen LogP contribution in [0.3, 0.4) is 0 Å². The molecule has 0 fully saturated rings. The van der Waals surface area contributed by atoms with Crippen LogP contribution in [0.15, 0.2) is 66.7 Å². The maximum atomic E-state index is 13.2. The van der Waals surface area contributed by atoms with Crippen LogP contribution in [0.2, 0.25) is 0 Å². The molecule has 1 aliphatic rings. The summed E-state index contributed by atoms with van der Waals surface area (Å²) in [5.74, 6) is 1.37. The Hall–Kier alpha value is -3.39. The number of carbonyl (C=O) groups is 1. The number of ketones is 1. The third-order valence-corrected chi connectivity index (χ3v) is 6.78. The molecular weight excluding hydrogens is 468 g/mol. The second-order valence-electron chi connectivity index (χ2n) is 9.45. The van der Waals surface area contributed by atoms with E-state index in [9.17, 15) is 9.90 Å². The van der Waals surface area contributed by atoms with Gasteiger partial charge >= 0.3 is 0 Å². The highest BCUT2D eigenvalue weighted by molar-refractivity contribution is 5.91. The Morgan fingerprint density at radius 2 is 1.65 bits per heavy atom. The summed E-state index contributed by atoms with van der Waals surface area (Å²) >= 11 is 0. The van der Waals surface area contributed by atoms with Crippen LogP contribution in [0.25, 0.3) is 0 Å². The van der Waals surface area contributed by atoms with Gasteiger partial charge in [0, 0.05) is 25.2 Å². The van der Waals surface area contributed by atoms with Gasteiger partial charge in [0.2, 0.25) is 5.75 Å². The molecule has 37 heavy (non-hydrogen) atoms. The highest BCUT2D eigenvalue weighted by Gasteiger charge is 2.39. The molecule has 1 aliphatic heterocycles. The molecule has 0 radical (unpaired) electrons. The van der Waals surface area contributed by atoms with Crippen molar-refractivity contribution in [3.63, 3.8) is 0 Å². The van der Waals surface area contributed by atoms with Crippen molar-refractivity contribution in [1.29, 1.82) is 0 Å². The van der Waals surface area contributed by atoms with Crippen LogP contribution >= 0.6 is 0 Å². The molecule has 2 N–H and O–H groups in total. The van der Waals surface area contributed by atoms with Gasteiger partial charge in [0.15, 0.2) is 17.3 Å². The summed E-state index contributed by atoms with van der Waals surface area (Å²) in [6.07, 6.45) is 0.897.